The van der Waals surface area contributed by atoms with Gasteiger partial charge in [-0.2, -0.15) is 0 Å². The quantitative estimate of drug-likeness (QED) is 0.561. The van der Waals surface area contributed by atoms with Crippen LogP contribution < -0.4 is 25.6 Å². The lowest BCUT2D eigenvalue weighted by molar-refractivity contribution is -0.130. The zero-order valence-electron chi connectivity index (χ0n) is 19.6. The smallest absolute Gasteiger partial charge is 0.251 e. The number of carbonyl (C=O) groups excluding carboxylic acids is 3. The van der Waals surface area contributed by atoms with E-state index < -0.39 is 18.1 Å². The molecule has 0 aliphatic carbocycles. The molecule has 0 fully saturated rings. The lowest BCUT2D eigenvalue weighted by Crippen LogP contribution is -2.57. The van der Waals surface area contributed by atoms with E-state index in [4.69, 9.17) is 4.74 Å². The fourth-order valence-corrected chi connectivity index (χ4v) is 3.76. The zero-order valence-corrected chi connectivity index (χ0v) is 19.6. The average Bonchev–Trinajstić information content (AvgIpc) is 3.21. The Morgan fingerprint density at radius 2 is 1.85 bits per heavy atom. The summed E-state index contributed by atoms with van der Waals surface area (Å²) in [5.74, 6) is -0.270. The second-order valence-electron chi connectivity index (χ2n) is 8.34. The predicted molar refractivity (Wildman–Crippen MR) is 126 cm³/mol. The van der Waals surface area contributed by atoms with Crippen LogP contribution in [0.4, 0.5) is 11.5 Å². The average molecular weight is 454 g/mol. The summed E-state index contributed by atoms with van der Waals surface area (Å²) in [4.78, 5) is 45.4. The maximum atomic E-state index is 13.7. The van der Waals surface area contributed by atoms with E-state index in [2.05, 4.69) is 20.9 Å². The second-order valence-corrected chi connectivity index (χ2v) is 8.34. The molecule has 1 aliphatic rings. The third kappa shape index (κ3) is 5.14. The molecule has 1 aromatic carbocycles. The molecule has 176 valence electrons. The van der Waals surface area contributed by atoms with Crippen LogP contribution in [0, 0.1) is 5.92 Å². The van der Waals surface area contributed by atoms with Crippen molar-refractivity contribution in [3.63, 3.8) is 0 Å². The molecule has 2 heterocycles. The molecule has 1 aromatic heterocycles. The van der Waals surface area contributed by atoms with Crippen LogP contribution in [0.3, 0.4) is 0 Å². The highest BCUT2D eigenvalue weighted by atomic mass is 16.5. The Hall–Kier alpha value is -3.46. The van der Waals surface area contributed by atoms with Crippen LogP contribution in [-0.4, -0.2) is 55.0 Å². The topological polar surface area (TPSA) is 113 Å². The fourth-order valence-electron chi connectivity index (χ4n) is 3.76. The van der Waals surface area contributed by atoms with Gasteiger partial charge in [0.15, 0.2) is 0 Å². The predicted octanol–water partition coefficient (Wildman–Crippen LogP) is 1.74. The first-order chi connectivity index (χ1) is 15.8. The molecule has 3 atom stereocenters. The van der Waals surface area contributed by atoms with Gasteiger partial charge in [-0.1, -0.05) is 32.0 Å². The number of aromatic nitrogens is 1. The first-order valence-electron chi connectivity index (χ1n) is 11.0. The van der Waals surface area contributed by atoms with Crippen LogP contribution in [-0.2, 0) is 20.8 Å². The van der Waals surface area contributed by atoms with Gasteiger partial charge in [0, 0.05) is 12.6 Å². The largest absolute Gasteiger partial charge is 0.495 e. The van der Waals surface area contributed by atoms with Gasteiger partial charge in [0.1, 0.15) is 23.7 Å². The van der Waals surface area contributed by atoms with E-state index in [-0.39, 0.29) is 23.6 Å². The van der Waals surface area contributed by atoms with Crippen LogP contribution in [0.1, 0.15) is 26.3 Å². The number of amides is 3. The van der Waals surface area contributed by atoms with Gasteiger partial charge in [-0.15, -0.1) is 0 Å². The molecule has 9 nitrogen and oxygen atoms in total. The lowest BCUT2D eigenvalue weighted by atomic mass is 10.0. The van der Waals surface area contributed by atoms with Crippen molar-refractivity contribution in [3.05, 3.63) is 48.2 Å². The molecule has 3 rings (SSSR count). The highest BCUT2D eigenvalue weighted by molar-refractivity contribution is 6.09. The Bertz CT molecular complexity index is 1030. The van der Waals surface area contributed by atoms with E-state index in [1.54, 1.807) is 44.4 Å². The van der Waals surface area contributed by atoms with Gasteiger partial charge in [-0.25, -0.2) is 4.98 Å². The van der Waals surface area contributed by atoms with Crippen molar-refractivity contribution in [1.29, 1.82) is 0 Å². The molecular weight excluding hydrogens is 422 g/mol. The monoisotopic (exact) mass is 453 g/mol. The van der Waals surface area contributed by atoms with E-state index in [1.165, 1.54) is 12.0 Å². The van der Waals surface area contributed by atoms with Crippen molar-refractivity contribution in [2.75, 3.05) is 24.4 Å². The van der Waals surface area contributed by atoms with Gasteiger partial charge in [0.2, 0.25) is 11.8 Å². The van der Waals surface area contributed by atoms with Crippen LogP contribution in [0.25, 0.3) is 0 Å². The van der Waals surface area contributed by atoms with Crippen molar-refractivity contribution in [3.8, 4) is 5.75 Å². The van der Waals surface area contributed by atoms with Crippen molar-refractivity contribution in [1.82, 2.24) is 15.6 Å². The van der Waals surface area contributed by atoms with E-state index in [1.807, 2.05) is 26.0 Å². The molecule has 1 aliphatic heterocycles. The Balaban J connectivity index is 1.92. The van der Waals surface area contributed by atoms with Crippen LogP contribution >= 0.6 is 0 Å². The fraction of sp³-hybridized carbons (Fsp3) is 0.417. The number of nitrogens with one attached hydrogen (secondary N) is 3. The molecule has 0 saturated heterocycles. The Morgan fingerprint density at radius 1 is 1.12 bits per heavy atom. The molecule has 0 unspecified atom stereocenters. The molecule has 3 amide bonds. The summed E-state index contributed by atoms with van der Waals surface area (Å²) in [5, 5.41) is 8.58. The molecule has 3 N–H and O–H groups in total. The number of para-hydroxylation sites is 2. The van der Waals surface area contributed by atoms with Gasteiger partial charge in [-0.05, 0) is 43.7 Å². The molecule has 0 radical (unpaired) electrons. The molecule has 2 aromatic rings. The number of hydrogen-bond donors (Lipinski definition) is 3. The van der Waals surface area contributed by atoms with E-state index in [0.29, 0.717) is 23.7 Å². The second kappa shape index (κ2) is 10.4. The first-order valence-corrected chi connectivity index (χ1v) is 11.0. The van der Waals surface area contributed by atoms with Crippen molar-refractivity contribution in [2.24, 2.45) is 5.92 Å². The Kier molecular flexibility index (Phi) is 7.65. The molecule has 33 heavy (non-hydrogen) atoms. The highest BCUT2D eigenvalue weighted by Crippen LogP contribution is 2.32. The third-order valence-electron chi connectivity index (χ3n) is 5.78. The summed E-state index contributed by atoms with van der Waals surface area (Å²) in [6.45, 7) is 5.42. The van der Waals surface area contributed by atoms with Crippen LogP contribution in [0.5, 0.6) is 5.75 Å². The number of likely N-dealkylation sites (N-methyl/N-ethyl adjacent to an activating group) is 1. The van der Waals surface area contributed by atoms with Crippen molar-refractivity contribution >= 4 is 29.2 Å². The van der Waals surface area contributed by atoms with Crippen molar-refractivity contribution < 1.29 is 19.1 Å². The summed E-state index contributed by atoms with van der Waals surface area (Å²) in [6.07, 6.45) is 1.91. The number of rotatable bonds is 8. The number of fused-ring (bicyclic) bond motifs is 1. The number of methoxy groups -OCH3 is 1. The number of carbonyl (C=O) groups is 3. The molecule has 0 saturated carbocycles. The van der Waals surface area contributed by atoms with Crippen molar-refractivity contribution in [2.45, 2.75) is 45.3 Å². The maximum Gasteiger partial charge on any atom is 0.251 e. The minimum Gasteiger partial charge on any atom is -0.495 e. The standard InChI is InChI=1S/C24H31N5O4/c1-14(2)20(28-22(30)15(3)25-4)24(32)29-18(13-16-9-8-12-26-21(16)29)23(31)27-17-10-6-7-11-19(17)33-5/h6-12,14-15,18,20,25H,13H2,1-5H3,(H,27,31)(H,28,30)/t15-,18+,20-/m0/s1. The maximum absolute atomic E-state index is 13.7. The summed E-state index contributed by atoms with van der Waals surface area (Å²) in [5.41, 5.74) is 1.31. The summed E-state index contributed by atoms with van der Waals surface area (Å²) in [7, 11) is 3.20. The molecular formula is C24H31N5O4. The normalized spacial score (nSPS) is 16.7. The lowest BCUT2D eigenvalue weighted by Gasteiger charge is -2.31. The van der Waals surface area contributed by atoms with Crippen LogP contribution in [0.2, 0.25) is 0 Å². The summed E-state index contributed by atoms with van der Waals surface area (Å²) < 4.78 is 5.33. The SMILES string of the molecule is CN[C@@H](C)C(=O)N[C@H](C(=O)N1c2ncccc2C[C@@H]1C(=O)Nc1ccccc1OC)C(C)C. The minimum atomic E-state index is -0.817. The van der Waals surface area contributed by atoms with Gasteiger partial charge < -0.3 is 20.7 Å². The number of benzene rings is 1. The molecule has 0 bridgehead atoms. The first kappa shape index (κ1) is 24.2. The highest BCUT2D eigenvalue weighted by Gasteiger charge is 2.43. The van der Waals surface area contributed by atoms with E-state index >= 15 is 0 Å². The molecule has 9 heteroatoms. The number of nitrogens with zero attached hydrogens (tertiary/aromatic N) is 2. The third-order valence-corrected chi connectivity index (χ3v) is 5.78. The summed E-state index contributed by atoms with van der Waals surface area (Å²) >= 11 is 0. The van der Waals surface area contributed by atoms with Crippen LogP contribution in [0.15, 0.2) is 42.6 Å². The van der Waals surface area contributed by atoms with E-state index in [9.17, 15) is 14.4 Å². The van der Waals surface area contributed by atoms with E-state index in [0.717, 1.165) is 5.56 Å². The minimum absolute atomic E-state index is 0.198. The Labute approximate surface area is 193 Å². The summed E-state index contributed by atoms with van der Waals surface area (Å²) in [6, 6.07) is 8.61. The Morgan fingerprint density at radius 3 is 2.52 bits per heavy atom. The zero-order chi connectivity index (χ0) is 24.1. The number of pyridine rings is 1. The van der Waals surface area contributed by atoms with Gasteiger partial charge in [-0.3, -0.25) is 19.3 Å². The number of hydrogen-bond acceptors (Lipinski definition) is 6. The number of anilines is 2. The van der Waals surface area contributed by atoms with Gasteiger partial charge in [0.05, 0.1) is 18.8 Å². The molecule has 0 spiro atoms. The number of ether oxygens (including phenoxy) is 1. The van der Waals surface area contributed by atoms with Gasteiger partial charge in [0.25, 0.3) is 5.91 Å². The van der Waals surface area contributed by atoms with Gasteiger partial charge >= 0.3 is 0 Å².